The van der Waals surface area contributed by atoms with E-state index in [1.54, 1.807) is 7.11 Å². The van der Waals surface area contributed by atoms with E-state index in [9.17, 15) is 4.79 Å². The average Bonchev–Trinajstić information content (AvgIpc) is 3.38. The molecule has 34 heavy (non-hydrogen) atoms. The highest BCUT2D eigenvalue weighted by Gasteiger charge is 2.13. The van der Waals surface area contributed by atoms with Gasteiger partial charge in [-0.3, -0.25) is 4.79 Å². The van der Waals surface area contributed by atoms with Crippen molar-refractivity contribution in [2.24, 2.45) is 5.92 Å². The van der Waals surface area contributed by atoms with E-state index in [4.69, 9.17) is 14.2 Å². The molecule has 2 aromatic carbocycles. The first-order valence-electron chi connectivity index (χ1n) is 11.4. The van der Waals surface area contributed by atoms with Crippen molar-refractivity contribution in [1.82, 2.24) is 14.6 Å². The van der Waals surface area contributed by atoms with Crippen molar-refractivity contribution < 1.29 is 14.2 Å². The smallest absolute Gasteiger partial charge is 0.291 e. The third-order valence-electron chi connectivity index (χ3n) is 5.12. The summed E-state index contributed by atoms with van der Waals surface area (Å²) in [5.74, 6) is 3.06. The molecular formula is C26H29N3O4S. The minimum Gasteiger partial charge on any atom is -0.494 e. The van der Waals surface area contributed by atoms with Gasteiger partial charge in [-0.2, -0.15) is 9.50 Å². The fraction of sp³-hybridized carbons (Fsp3) is 0.346. The minimum absolute atomic E-state index is 0.197. The summed E-state index contributed by atoms with van der Waals surface area (Å²) in [5.41, 5.74) is 1.48. The number of hydrogen-bond acceptors (Lipinski definition) is 7. The van der Waals surface area contributed by atoms with Crippen LogP contribution in [0.5, 0.6) is 17.2 Å². The van der Waals surface area contributed by atoms with Crippen LogP contribution in [-0.2, 0) is 0 Å². The van der Waals surface area contributed by atoms with Gasteiger partial charge in [-0.15, -0.1) is 5.10 Å². The first kappa shape index (κ1) is 23.8. The van der Waals surface area contributed by atoms with Gasteiger partial charge < -0.3 is 14.2 Å². The molecule has 2 heterocycles. The Morgan fingerprint density at radius 1 is 1.09 bits per heavy atom. The summed E-state index contributed by atoms with van der Waals surface area (Å²) in [4.78, 5) is 18.1. The molecule has 0 saturated heterocycles. The average molecular weight is 480 g/mol. The SMILES string of the molecule is CCCCOc1ccc(-c2nc3s/c(=C\c4ccc(OCC(C)C)c(OC)c4)c(=O)n3n2)cc1. The number of nitrogens with zero attached hydrogens (tertiary/aromatic N) is 3. The van der Waals surface area contributed by atoms with Crippen LogP contribution in [0.15, 0.2) is 47.3 Å². The second kappa shape index (κ2) is 10.7. The van der Waals surface area contributed by atoms with Gasteiger partial charge in [0.05, 0.1) is 24.9 Å². The maximum Gasteiger partial charge on any atom is 0.291 e. The van der Waals surface area contributed by atoms with Crippen molar-refractivity contribution in [2.45, 2.75) is 33.6 Å². The van der Waals surface area contributed by atoms with Gasteiger partial charge in [-0.05, 0) is 60.4 Å². The molecule has 0 aliphatic rings. The fourth-order valence-electron chi connectivity index (χ4n) is 3.29. The Balaban J connectivity index is 1.57. The number of benzene rings is 2. The Morgan fingerprint density at radius 3 is 2.56 bits per heavy atom. The van der Waals surface area contributed by atoms with Crippen LogP contribution >= 0.6 is 11.3 Å². The van der Waals surface area contributed by atoms with Gasteiger partial charge >= 0.3 is 0 Å². The van der Waals surface area contributed by atoms with Crippen molar-refractivity contribution in [3.05, 3.63) is 62.9 Å². The first-order chi connectivity index (χ1) is 16.5. The highest BCUT2D eigenvalue weighted by Crippen LogP contribution is 2.29. The Hall–Kier alpha value is -3.39. The third kappa shape index (κ3) is 5.39. The summed E-state index contributed by atoms with van der Waals surface area (Å²) in [7, 11) is 1.61. The van der Waals surface area contributed by atoms with Crippen molar-refractivity contribution in [3.63, 3.8) is 0 Å². The molecule has 4 rings (SSSR count). The Morgan fingerprint density at radius 2 is 1.88 bits per heavy atom. The summed E-state index contributed by atoms with van der Waals surface area (Å²) in [5, 5.41) is 4.44. The first-order valence-corrected chi connectivity index (χ1v) is 12.3. The molecular weight excluding hydrogens is 450 g/mol. The van der Waals surface area contributed by atoms with Gasteiger partial charge in [-0.25, -0.2) is 0 Å². The second-order valence-electron chi connectivity index (χ2n) is 8.39. The molecule has 0 aliphatic heterocycles. The van der Waals surface area contributed by atoms with Crippen molar-refractivity contribution in [2.75, 3.05) is 20.3 Å². The molecule has 0 bridgehead atoms. The number of unbranched alkanes of at least 4 members (excludes halogenated alkanes) is 1. The third-order valence-corrected chi connectivity index (χ3v) is 6.08. The molecule has 4 aromatic rings. The number of aromatic nitrogens is 3. The molecule has 0 amide bonds. The van der Waals surface area contributed by atoms with Gasteiger partial charge in [0.2, 0.25) is 4.96 Å². The fourth-order valence-corrected chi connectivity index (χ4v) is 4.20. The van der Waals surface area contributed by atoms with Crippen LogP contribution in [0, 0.1) is 5.92 Å². The highest BCUT2D eigenvalue weighted by atomic mass is 32.1. The zero-order valence-electron chi connectivity index (χ0n) is 19.9. The van der Waals surface area contributed by atoms with Crippen LogP contribution in [0.4, 0.5) is 0 Å². The molecule has 0 aliphatic carbocycles. The van der Waals surface area contributed by atoms with Crippen LogP contribution in [0.3, 0.4) is 0 Å². The lowest BCUT2D eigenvalue weighted by Crippen LogP contribution is -2.23. The van der Waals surface area contributed by atoms with E-state index in [-0.39, 0.29) is 5.56 Å². The van der Waals surface area contributed by atoms with E-state index in [0.29, 0.717) is 45.9 Å². The molecule has 178 valence electrons. The molecule has 0 radical (unpaired) electrons. The standard InChI is InChI=1S/C26H29N3O4S/c1-5-6-13-32-20-10-8-19(9-11-20)24-27-26-29(28-24)25(30)23(34-26)15-18-7-12-21(22(14-18)31-4)33-16-17(2)3/h7-12,14-15,17H,5-6,13,16H2,1-4H3/b23-15-. The Kier molecular flexibility index (Phi) is 7.47. The summed E-state index contributed by atoms with van der Waals surface area (Å²) < 4.78 is 18.9. The van der Waals surface area contributed by atoms with Crippen LogP contribution in [0.2, 0.25) is 0 Å². The van der Waals surface area contributed by atoms with E-state index in [1.807, 2.05) is 48.5 Å². The number of hydrogen-bond donors (Lipinski definition) is 0. The molecule has 7 nitrogen and oxygen atoms in total. The van der Waals surface area contributed by atoms with Crippen LogP contribution < -0.4 is 24.3 Å². The highest BCUT2D eigenvalue weighted by molar-refractivity contribution is 7.15. The molecule has 0 fully saturated rings. The largest absolute Gasteiger partial charge is 0.494 e. The summed E-state index contributed by atoms with van der Waals surface area (Å²) in [6, 6.07) is 13.3. The predicted molar refractivity (Wildman–Crippen MR) is 135 cm³/mol. The van der Waals surface area contributed by atoms with Crippen LogP contribution in [0.25, 0.3) is 22.4 Å². The van der Waals surface area contributed by atoms with E-state index in [2.05, 4.69) is 30.9 Å². The number of ether oxygens (including phenoxy) is 3. The van der Waals surface area contributed by atoms with E-state index in [0.717, 1.165) is 29.7 Å². The van der Waals surface area contributed by atoms with Crippen LogP contribution in [-0.4, -0.2) is 34.9 Å². The number of fused-ring (bicyclic) bond motifs is 1. The van der Waals surface area contributed by atoms with Gasteiger partial charge in [0.15, 0.2) is 17.3 Å². The maximum atomic E-state index is 12.9. The molecule has 2 aromatic heterocycles. The van der Waals surface area contributed by atoms with Crippen LogP contribution in [0.1, 0.15) is 39.2 Å². The lowest BCUT2D eigenvalue weighted by atomic mass is 10.2. The zero-order valence-corrected chi connectivity index (χ0v) is 20.7. The summed E-state index contributed by atoms with van der Waals surface area (Å²) in [6.07, 6.45) is 3.94. The van der Waals surface area contributed by atoms with Gasteiger partial charge in [0, 0.05) is 5.56 Å². The number of thiazole rings is 1. The van der Waals surface area contributed by atoms with Crippen molar-refractivity contribution in [3.8, 4) is 28.6 Å². The lowest BCUT2D eigenvalue weighted by molar-refractivity contribution is 0.257. The Bertz CT molecular complexity index is 1360. The lowest BCUT2D eigenvalue weighted by Gasteiger charge is -2.12. The molecule has 0 atom stereocenters. The van der Waals surface area contributed by atoms with Gasteiger partial charge in [0.25, 0.3) is 5.56 Å². The predicted octanol–water partition coefficient (Wildman–Crippen LogP) is 4.59. The Labute approximate surface area is 202 Å². The molecule has 0 saturated carbocycles. The minimum atomic E-state index is -0.197. The monoisotopic (exact) mass is 479 g/mol. The summed E-state index contributed by atoms with van der Waals surface area (Å²) >= 11 is 1.31. The number of rotatable bonds is 10. The van der Waals surface area contributed by atoms with E-state index in [1.165, 1.54) is 15.9 Å². The maximum absolute atomic E-state index is 12.9. The van der Waals surface area contributed by atoms with E-state index < -0.39 is 0 Å². The second-order valence-corrected chi connectivity index (χ2v) is 9.40. The zero-order chi connectivity index (χ0) is 24.1. The van der Waals surface area contributed by atoms with Crippen molar-refractivity contribution in [1.29, 1.82) is 0 Å². The normalized spacial score (nSPS) is 12.0. The quantitative estimate of drug-likeness (QED) is 0.310. The number of methoxy groups -OCH3 is 1. The molecule has 8 heteroatoms. The van der Waals surface area contributed by atoms with Gasteiger partial charge in [-0.1, -0.05) is 44.6 Å². The molecule has 0 unspecified atom stereocenters. The topological polar surface area (TPSA) is 75.0 Å². The van der Waals surface area contributed by atoms with Gasteiger partial charge in [0.1, 0.15) is 5.75 Å². The van der Waals surface area contributed by atoms with E-state index >= 15 is 0 Å². The van der Waals surface area contributed by atoms with Crippen molar-refractivity contribution >= 4 is 22.4 Å². The summed E-state index contributed by atoms with van der Waals surface area (Å²) in [6.45, 7) is 7.62. The molecule has 0 spiro atoms. The molecule has 0 N–H and O–H groups in total.